The molecule has 29 heavy (non-hydrogen) atoms. The zero-order valence-electron chi connectivity index (χ0n) is 17.6. The Bertz CT molecular complexity index is 923. The first-order valence-corrected chi connectivity index (χ1v) is 10.8. The lowest BCUT2D eigenvalue weighted by Crippen LogP contribution is -2.50. The molecule has 3 aliphatic rings. The number of rotatable bonds is 4. The van der Waals surface area contributed by atoms with E-state index in [1.807, 2.05) is 0 Å². The molecule has 3 fully saturated rings. The van der Waals surface area contributed by atoms with Crippen LogP contribution in [0.4, 0.5) is 0 Å². The fourth-order valence-electron chi connectivity index (χ4n) is 5.56. The predicted molar refractivity (Wildman–Crippen MR) is 114 cm³/mol. The number of benzene rings is 2. The van der Waals surface area contributed by atoms with Gasteiger partial charge in [0.25, 0.3) is 0 Å². The lowest BCUT2D eigenvalue weighted by molar-refractivity contribution is -0.139. The molecule has 0 bridgehead atoms. The molecule has 5 rings (SSSR count). The zero-order valence-corrected chi connectivity index (χ0v) is 17.6. The van der Waals surface area contributed by atoms with Crippen LogP contribution in [0.25, 0.3) is 11.1 Å². The van der Waals surface area contributed by atoms with Crippen molar-refractivity contribution in [3.63, 3.8) is 0 Å². The zero-order chi connectivity index (χ0) is 20.2. The molecule has 1 spiro atoms. The monoisotopic (exact) mass is 390 g/mol. The lowest BCUT2D eigenvalue weighted by atomic mass is 9.99. The van der Waals surface area contributed by atoms with Crippen LogP contribution in [0.5, 0.6) is 0 Å². The van der Waals surface area contributed by atoms with E-state index < -0.39 is 0 Å². The first-order valence-electron chi connectivity index (χ1n) is 10.8. The second-order valence-corrected chi connectivity index (χ2v) is 9.18. The lowest BCUT2D eigenvalue weighted by Gasteiger charge is -2.34. The molecule has 1 amide bonds. The van der Waals surface area contributed by atoms with E-state index in [4.69, 9.17) is 4.74 Å². The average Bonchev–Trinajstić information content (AvgIpc) is 3.33. The minimum atomic E-state index is -0.382. The topological polar surface area (TPSA) is 32.8 Å². The van der Waals surface area contributed by atoms with Crippen LogP contribution in [-0.2, 0) is 16.1 Å². The van der Waals surface area contributed by atoms with E-state index in [0.29, 0.717) is 18.9 Å². The summed E-state index contributed by atoms with van der Waals surface area (Å²) in [4.78, 5) is 17.4. The van der Waals surface area contributed by atoms with Gasteiger partial charge in [0.15, 0.2) is 5.72 Å². The van der Waals surface area contributed by atoms with E-state index in [-0.39, 0.29) is 23.7 Å². The van der Waals surface area contributed by atoms with Crippen molar-refractivity contribution in [3.05, 3.63) is 59.7 Å². The first-order chi connectivity index (χ1) is 14.0. The minimum absolute atomic E-state index is 0.176. The third-order valence-corrected chi connectivity index (χ3v) is 7.16. The second-order valence-electron chi connectivity index (χ2n) is 9.18. The van der Waals surface area contributed by atoms with Crippen LogP contribution in [0.1, 0.15) is 37.8 Å². The molecule has 3 atom stereocenters. The van der Waals surface area contributed by atoms with E-state index in [1.54, 1.807) is 0 Å². The van der Waals surface area contributed by atoms with Gasteiger partial charge in [-0.2, -0.15) is 0 Å². The number of hydrogen-bond donors (Lipinski definition) is 0. The molecule has 3 aliphatic heterocycles. The Hall–Kier alpha value is -2.17. The molecule has 0 aliphatic carbocycles. The highest BCUT2D eigenvalue weighted by Crippen LogP contribution is 2.49. The highest BCUT2D eigenvalue weighted by atomic mass is 16.5. The van der Waals surface area contributed by atoms with Gasteiger partial charge in [0.1, 0.15) is 0 Å². The molecule has 4 nitrogen and oxygen atoms in total. The standard InChI is InChI=1S/C25H30N2O2/c1-17(2)22-16-29-25-12-13-26(23(25)14-24(28)27(22)25)15-19-8-10-20(11-9-19)21-7-5-4-6-18(21)3/h4-11,17,22-23H,12-16H2,1-3H3/t22-,23+,25-/m0/s1. The maximum absolute atomic E-state index is 12.8. The number of ether oxygens (including phenoxy) is 1. The Morgan fingerprint density at radius 1 is 1.14 bits per heavy atom. The molecular weight excluding hydrogens is 360 g/mol. The van der Waals surface area contributed by atoms with Gasteiger partial charge in [-0.25, -0.2) is 0 Å². The predicted octanol–water partition coefficient (Wildman–Crippen LogP) is 4.22. The first kappa shape index (κ1) is 18.8. The van der Waals surface area contributed by atoms with Gasteiger partial charge in [-0.15, -0.1) is 0 Å². The third kappa shape index (κ3) is 2.92. The Kier molecular flexibility index (Phi) is 4.52. The number of aryl methyl sites for hydroxylation is 1. The second kappa shape index (κ2) is 6.96. The van der Waals surface area contributed by atoms with Crippen molar-refractivity contribution in [2.75, 3.05) is 13.2 Å². The average molecular weight is 391 g/mol. The molecule has 0 radical (unpaired) electrons. The third-order valence-electron chi connectivity index (χ3n) is 7.16. The van der Waals surface area contributed by atoms with Crippen molar-refractivity contribution in [2.45, 2.75) is 58.0 Å². The van der Waals surface area contributed by atoms with Crippen molar-refractivity contribution < 1.29 is 9.53 Å². The van der Waals surface area contributed by atoms with Crippen molar-refractivity contribution in [1.29, 1.82) is 0 Å². The van der Waals surface area contributed by atoms with Crippen molar-refractivity contribution in [1.82, 2.24) is 9.80 Å². The fraction of sp³-hybridized carbons (Fsp3) is 0.480. The van der Waals surface area contributed by atoms with Gasteiger partial charge < -0.3 is 9.64 Å². The SMILES string of the molecule is Cc1ccccc1-c1ccc(CN2CC[C@@]34OC[C@@H](C(C)C)N3C(=O)C[C@@H]24)cc1. The van der Waals surface area contributed by atoms with E-state index in [9.17, 15) is 4.79 Å². The van der Waals surface area contributed by atoms with Crippen molar-refractivity contribution in [2.24, 2.45) is 5.92 Å². The quantitative estimate of drug-likeness (QED) is 0.784. The van der Waals surface area contributed by atoms with Gasteiger partial charge in [0.05, 0.1) is 18.7 Å². The number of carbonyl (C=O) groups excluding carboxylic acids is 1. The highest BCUT2D eigenvalue weighted by molar-refractivity contribution is 5.82. The summed E-state index contributed by atoms with van der Waals surface area (Å²) in [7, 11) is 0. The van der Waals surface area contributed by atoms with Gasteiger partial charge in [-0.3, -0.25) is 9.69 Å². The van der Waals surface area contributed by atoms with Crippen LogP contribution in [0.3, 0.4) is 0 Å². The Balaban J connectivity index is 1.34. The van der Waals surface area contributed by atoms with Gasteiger partial charge in [-0.05, 0) is 35.1 Å². The molecule has 0 unspecified atom stereocenters. The summed E-state index contributed by atoms with van der Waals surface area (Å²) in [6.45, 7) is 9.07. The summed E-state index contributed by atoms with van der Waals surface area (Å²) in [5.41, 5.74) is 4.75. The minimum Gasteiger partial charge on any atom is -0.352 e. The summed E-state index contributed by atoms with van der Waals surface area (Å²) >= 11 is 0. The molecule has 3 saturated heterocycles. The van der Waals surface area contributed by atoms with Crippen LogP contribution in [-0.4, -0.2) is 46.7 Å². The van der Waals surface area contributed by atoms with E-state index in [1.165, 1.54) is 22.3 Å². The van der Waals surface area contributed by atoms with Crippen molar-refractivity contribution >= 4 is 5.91 Å². The van der Waals surface area contributed by atoms with Gasteiger partial charge in [-0.1, -0.05) is 62.4 Å². The normalized spacial score (nSPS) is 29.0. The molecule has 4 heteroatoms. The largest absolute Gasteiger partial charge is 0.352 e. The van der Waals surface area contributed by atoms with Crippen LogP contribution in [0.15, 0.2) is 48.5 Å². The molecule has 0 aromatic heterocycles. The van der Waals surface area contributed by atoms with E-state index >= 15 is 0 Å². The smallest absolute Gasteiger partial charge is 0.226 e. The molecule has 2 aromatic rings. The number of likely N-dealkylation sites (tertiary alicyclic amines) is 1. The summed E-state index contributed by atoms with van der Waals surface area (Å²) in [6, 6.07) is 17.8. The van der Waals surface area contributed by atoms with E-state index in [0.717, 1.165) is 19.5 Å². The Labute approximate surface area is 173 Å². The maximum Gasteiger partial charge on any atom is 0.226 e. The number of nitrogens with zero attached hydrogens (tertiary/aromatic N) is 2. The Morgan fingerprint density at radius 3 is 2.62 bits per heavy atom. The molecular formula is C25H30N2O2. The summed E-state index contributed by atoms with van der Waals surface area (Å²) < 4.78 is 6.35. The number of hydrogen-bond acceptors (Lipinski definition) is 3. The van der Waals surface area contributed by atoms with Gasteiger partial charge in [0, 0.05) is 25.9 Å². The number of amides is 1. The molecule has 0 N–H and O–H groups in total. The van der Waals surface area contributed by atoms with Crippen LogP contribution < -0.4 is 0 Å². The summed E-state index contributed by atoms with van der Waals surface area (Å²) in [6.07, 6.45) is 1.51. The number of carbonyl (C=O) groups is 1. The van der Waals surface area contributed by atoms with Gasteiger partial charge >= 0.3 is 0 Å². The summed E-state index contributed by atoms with van der Waals surface area (Å²) in [5, 5.41) is 0. The van der Waals surface area contributed by atoms with Crippen LogP contribution in [0.2, 0.25) is 0 Å². The van der Waals surface area contributed by atoms with E-state index in [2.05, 4.69) is 79.1 Å². The molecule has 152 valence electrons. The van der Waals surface area contributed by atoms with Gasteiger partial charge in [0.2, 0.25) is 5.91 Å². The summed E-state index contributed by atoms with van der Waals surface area (Å²) in [5.74, 6) is 0.700. The van der Waals surface area contributed by atoms with Crippen LogP contribution in [0, 0.1) is 12.8 Å². The molecule has 2 aromatic carbocycles. The molecule has 0 saturated carbocycles. The van der Waals surface area contributed by atoms with Crippen molar-refractivity contribution in [3.8, 4) is 11.1 Å². The molecule has 3 heterocycles. The Morgan fingerprint density at radius 2 is 1.90 bits per heavy atom. The maximum atomic E-state index is 12.8. The highest BCUT2D eigenvalue weighted by Gasteiger charge is 2.64. The van der Waals surface area contributed by atoms with Crippen LogP contribution >= 0.6 is 0 Å². The fourth-order valence-corrected chi connectivity index (χ4v) is 5.56.